The van der Waals surface area contributed by atoms with Gasteiger partial charge in [0.15, 0.2) is 5.90 Å². The zero-order valence-electron chi connectivity index (χ0n) is 16.6. The Balaban J connectivity index is 1.80. The summed E-state index contributed by atoms with van der Waals surface area (Å²) in [4.78, 5) is 4.61. The molecule has 0 spiro atoms. The summed E-state index contributed by atoms with van der Waals surface area (Å²) in [6, 6.07) is 0. The molecule has 2 nitrogen and oxygen atoms in total. The molecule has 24 heavy (non-hydrogen) atoms. The molecule has 1 aliphatic rings. The largest absolute Gasteiger partial charge is 0.478 e. The van der Waals surface area contributed by atoms with Gasteiger partial charge in [0.2, 0.25) is 0 Å². The first-order valence-electron chi connectivity index (χ1n) is 10.5. The van der Waals surface area contributed by atoms with Crippen LogP contribution in [0.3, 0.4) is 0 Å². The summed E-state index contributed by atoms with van der Waals surface area (Å²) in [5.41, 5.74) is 0.00956. The van der Waals surface area contributed by atoms with Crippen LogP contribution in [0.2, 0.25) is 0 Å². The van der Waals surface area contributed by atoms with E-state index in [4.69, 9.17) is 4.74 Å². The van der Waals surface area contributed by atoms with Gasteiger partial charge in [-0.05, 0) is 46.0 Å². The molecular formula is C22H41NO. The molecule has 0 aromatic rings. The van der Waals surface area contributed by atoms with Crippen molar-refractivity contribution in [2.75, 3.05) is 6.61 Å². The molecule has 1 aliphatic heterocycles. The van der Waals surface area contributed by atoms with Crippen molar-refractivity contribution in [1.82, 2.24) is 0 Å². The average Bonchev–Trinajstić information content (AvgIpc) is 2.90. The van der Waals surface area contributed by atoms with E-state index in [1.165, 1.54) is 83.5 Å². The quantitative estimate of drug-likeness (QED) is 0.228. The monoisotopic (exact) mass is 335 g/mol. The number of aliphatic imine (C=N–C) groups is 1. The van der Waals surface area contributed by atoms with Crippen molar-refractivity contribution < 1.29 is 4.74 Å². The Kier molecular flexibility index (Phi) is 12.0. The van der Waals surface area contributed by atoms with Gasteiger partial charge < -0.3 is 4.74 Å². The van der Waals surface area contributed by atoms with Crippen molar-refractivity contribution in [2.24, 2.45) is 4.99 Å². The highest BCUT2D eigenvalue weighted by Crippen LogP contribution is 2.19. The lowest BCUT2D eigenvalue weighted by atomic mass is 10.1. The van der Waals surface area contributed by atoms with Crippen molar-refractivity contribution in [2.45, 2.75) is 116 Å². The smallest absolute Gasteiger partial charge is 0.183 e. The van der Waals surface area contributed by atoms with Crippen LogP contribution in [-0.2, 0) is 4.74 Å². The van der Waals surface area contributed by atoms with Crippen LogP contribution in [-0.4, -0.2) is 18.0 Å². The van der Waals surface area contributed by atoms with Crippen LogP contribution in [0.5, 0.6) is 0 Å². The maximum atomic E-state index is 5.63. The van der Waals surface area contributed by atoms with Gasteiger partial charge >= 0.3 is 0 Å². The average molecular weight is 336 g/mol. The van der Waals surface area contributed by atoms with Gasteiger partial charge in [-0.15, -0.1) is 0 Å². The first kappa shape index (κ1) is 21.3. The number of unbranched alkanes of at least 4 members (excludes halogenated alkanes) is 11. The Morgan fingerprint density at radius 2 is 1.38 bits per heavy atom. The van der Waals surface area contributed by atoms with Crippen LogP contribution in [0.1, 0.15) is 111 Å². The van der Waals surface area contributed by atoms with E-state index in [0.717, 1.165) is 18.9 Å². The minimum atomic E-state index is 0.00956. The number of hydrogen-bond donors (Lipinski definition) is 0. The van der Waals surface area contributed by atoms with E-state index in [0.29, 0.717) is 0 Å². The van der Waals surface area contributed by atoms with E-state index in [2.05, 4.69) is 37.9 Å². The summed E-state index contributed by atoms with van der Waals surface area (Å²) in [7, 11) is 0. The normalized spacial score (nSPS) is 16.5. The topological polar surface area (TPSA) is 21.6 Å². The highest BCUT2D eigenvalue weighted by molar-refractivity contribution is 5.78. The summed E-state index contributed by atoms with van der Waals surface area (Å²) in [5.74, 6) is 0.981. The number of allylic oxidation sites excluding steroid dienone is 2. The third-order valence-electron chi connectivity index (χ3n) is 4.67. The van der Waals surface area contributed by atoms with Crippen LogP contribution in [0.25, 0.3) is 0 Å². The molecule has 0 saturated heterocycles. The number of hydrogen-bond acceptors (Lipinski definition) is 2. The molecule has 2 heteroatoms. The summed E-state index contributed by atoms with van der Waals surface area (Å²) < 4.78 is 5.63. The maximum Gasteiger partial charge on any atom is 0.183 e. The van der Waals surface area contributed by atoms with Crippen molar-refractivity contribution in [3.63, 3.8) is 0 Å². The van der Waals surface area contributed by atoms with Gasteiger partial charge in [0, 0.05) is 6.42 Å². The van der Waals surface area contributed by atoms with E-state index >= 15 is 0 Å². The third kappa shape index (κ3) is 11.7. The van der Waals surface area contributed by atoms with E-state index in [1.54, 1.807) is 0 Å². The summed E-state index contributed by atoms with van der Waals surface area (Å²) in [6.45, 7) is 7.31. The lowest BCUT2D eigenvalue weighted by molar-refractivity contribution is 0.273. The fourth-order valence-electron chi connectivity index (χ4n) is 3.14. The molecule has 0 aliphatic carbocycles. The molecule has 0 atom stereocenters. The second kappa shape index (κ2) is 13.5. The fraction of sp³-hybridized carbons (Fsp3) is 0.864. The summed E-state index contributed by atoms with van der Waals surface area (Å²) >= 11 is 0. The maximum absolute atomic E-state index is 5.63. The highest BCUT2D eigenvalue weighted by atomic mass is 16.5. The van der Waals surface area contributed by atoms with Crippen molar-refractivity contribution in [3.05, 3.63) is 12.2 Å². The zero-order valence-corrected chi connectivity index (χ0v) is 16.6. The zero-order chi connectivity index (χ0) is 17.5. The van der Waals surface area contributed by atoms with Gasteiger partial charge in [0.25, 0.3) is 0 Å². The summed E-state index contributed by atoms with van der Waals surface area (Å²) in [6.07, 6.45) is 23.4. The van der Waals surface area contributed by atoms with Crippen LogP contribution >= 0.6 is 0 Å². The second-order valence-electron chi connectivity index (χ2n) is 7.94. The molecule has 0 unspecified atom stereocenters. The SMILES string of the molecule is CCCCCCCCC/C=C/CCCCCCC1=NC(C)(C)CO1. The van der Waals surface area contributed by atoms with E-state index in [-0.39, 0.29) is 5.54 Å². The molecule has 0 bridgehead atoms. The molecule has 1 rings (SSSR count). The molecule has 0 fully saturated rings. The van der Waals surface area contributed by atoms with Gasteiger partial charge in [-0.2, -0.15) is 0 Å². The molecule has 1 heterocycles. The van der Waals surface area contributed by atoms with Crippen molar-refractivity contribution >= 4 is 5.90 Å². The molecule has 140 valence electrons. The Morgan fingerprint density at radius 3 is 1.92 bits per heavy atom. The Hall–Kier alpha value is -0.790. The predicted molar refractivity (Wildman–Crippen MR) is 107 cm³/mol. The number of nitrogens with zero attached hydrogens (tertiary/aromatic N) is 1. The lowest BCUT2D eigenvalue weighted by Crippen LogP contribution is -2.17. The van der Waals surface area contributed by atoms with Gasteiger partial charge in [0.05, 0.1) is 5.54 Å². The second-order valence-corrected chi connectivity index (χ2v) is 7.94. The van der Waals surface area contributed by atoms with E-state index < -0.39 is 0 Å². The lowest BCUT2D eigenvalue weighted by Gasteiger charge is -2.07. The van der Waals surface area contributed by atoms with Gasteiger partial charge in [-0.25, -0.2) is 4.99 Å². The summed E-state index contributed by atoms with van der Waals surface area (Å²) in [5, 5.41) is 0. The first-order chi connectivity index (χ1) is 11.6. The predicted octanol–water partition coefficient (Wildman–Crippen LogP) is 7.23. The number of ether oxygens (including phenoxy) is 1. The minimum absolute atomic E-state index is 0.00956. The standard InChI is InChI=1S/C22H41NO/c1-4-5-6-7-8-9-10-11-12-13-14-15-16-17-18-19-21-23-22(2,3)20-24-21/h12-13H,4-11,14-20H2,1-3H3/b13-12+. The molecule has 0 aromatic heterocycles. The fourth-order valence-corrected chi connectivity index (χ4v) is 3.14. The minimum Gasteiger partial charge on any atom is -0.478 e. The third-order valence-corrected chi connectivity index (χ3v) is 4.67. The van der Waals surface area contributed by atoms with E-state index in [1.807, 2.05) is 0 Å². The van der Waals surface area contributed by atoms with Gasteiger partial charge in [0.1, 0.15) is 6.61 Å². The van der Waals surface area contributed by atoms with Gasteiger partial charge in [-0.1, -0.05) is 70.4 Å². The van der Waals surface area contributed by atoms with Crippen LogP contribution < -0.4 is 0 Å². The Labute approximate surface area is 151 Å². The molecular weight excluding hydrogens is 294 g/mol. The first-order valence-corrected chi connectivity index (χ1v) is 10.5. The number of rotatable bonds is 15. The van der Waals surface area contributed by atoms with Crippen LogP contribution in [0.15, 0.2) is 17.1 Å². The highest BCUT2D eigenvalue weighted by Gasteiger charge is 2.25. The molecule has 0 N–H and O–H groups in total. The van der Waals surface area contributed by atoms with Gasteiger partial charge in [-0.3, -0.25) is 0 Å². The Bertz CT molecular complexity index is 357. The van der Waals surface area contributed by atoms with Crippen LogP contribution in [0, 0.1) is 0 Å². The van der Waals surface area contributed by atoms with Crippen molar-refractivity contribution in [1.29, 1.82) is 0 Å². The van der Waals surface area contributed by atoms with Crippen molar-refractivity contribution in [3.8, 4) is 0 Å². The van der Waals surface area contributed by atoms with Crippen LogP contribution in [0.4, 0.5) is 0 Å². The van der Waals surface area contributed by atoms with E-state index in [9.17, 15) is 0 Å². The molecule has 0 radical (unpaired) electrons. The Morgan fingerprint density at radius 1 is 0.833 bits per heavy atom. The molecule has 0 saturated carbocycles. The molecule has 0 aromatic carbocycles. The molecule has 0 amide bonds.